The van der Waals surface area contributed by atoms with E-state index in [2.05, 4.69) is 31.9 Å². The minimum atomic E-state index is -1.20. The molecule has 0 unspecified atom stereocenters. The van der Waals surface area contributed by atoms with E-state index in [1.165, 1.54) is 11.1 Å². The van der Waals surface area contributed by atoms with Crippen LogP contribution < -0.4 is 0 Å². The highest BCUT2D eigenvalue weighted by Gasteiger charge is 2.10. The van der Waals surface area contributed by atoms with Gasteiger partial charge in [0.2, 0.25) is 0 Å². The lowest BCUT2D eigenvalue weighted by molar-refractivity contribution is 1.62. The molecule has 0 bridgehead atoms. The van der Waals surface area contributed by atoms with E-state index in [4.69, 9.17) is 11.6 Å². The zero-order valence-corrected chi connectivity index (χ0v) is 11.3. The van der Waals surface area contributed by atoms with E-state index in [9.17, 15) is 0 Å². The predicted octanol–water partition coefficient (Wildman–Crippen LogP) is 4.79. The van der Waals surface area contributed by atoms with Gasteiger partial charge in [0.05, 0.1) is 8.07 Å². The maximum atomic E-state index is 5.86. The monoisotopic (exact) mass is 236 g/mol. The van der Waals surface area contributed by atoms with Gasteiger partial charge in [-0.2, -0.15) is 0 Å². The summed E-state index contributed by atoms with van der Waals surface area (Å²) in [5.41, 5.74) is 4.76. The topological polar surface area (TPSA) is 0 Å². The molecule has 0 nitrogen and oxygen atoms in total. The second-order valence-electron chi connectivity index (χ2n) is 4.68. The summed E-state index contributed by atoms with van der Waals surface area (Å²) in [6, 6.07) is 7.91. The standard InChI is InChI=1S/C13H17ClSi/c1-5-11(10-15(2,3)4)12-6-8-13(14)9-7-12/h5-10H,1H2,2-4H3/b11-10-. The first kappa shape index (κ1) is 12.3. The molecule has 0 N–H and O–H groups in total. The van der Waals surface area contributed by atoms with E-state index in [1.54, 1.807) is 0 Å². The fourth-order valence-electron chi connectivity index (χ4n) is 1.37. The molecule has 0 spiro atoms. The maximum Gasteiger partial charge on any atom is 0.0695 e. The first-order chi connectivity index (χ1) is 6.92. The van der Waals surface area contributed by atoms with Crippen molar-refractivity contribution in [3.8, 4) is 0 Å². The molecule has 0 saturated heterocycles. The van der Waals surface area contributed by atoms with Crippen LogP contribution in [0, 0.1) is 0 Å². The molecule has 15 heavy (non-hydrogen) atoms. The van der Waals surface area contributed by atoms with E-state index in [-0.39, 0.29) is 0 Å². The van der Waals surface area contributed by atoms with Crippen LogP contribution in [0.5, 0.6) is 0 Å². The Hall–Kier alpha value is -0.793. The van der Waals surface area contributed by atoms with Crippen LogP contribution in [0.1, 0.15) is 5.56 Å². The van der Waals surface area contributed by atoms with Crippen LogP contribution in [0.15, 0.2) is 42.6 Å². The molecule has 1 rings (SSSR count). The minimum Gasteiger partial charge on any atom is -0.0985 e. The van der Waals surface area contributed by atoms with Crippen molar-refractivity contribution in [2.75, 3.05) is 0 Å². The average Bonchev–Trinajstić information content (AvgIpc) is 2.14. The summed E-state index contributed by atoms with van der Waals surface area (Å²) in [4.78, 5) is 0. The summed E-state index contributed by atoms with van der Waals surface area (Å²) < 4.78 is 0. The van der Waals surface area contributed by atoms with Crippen LogP contribution in [-0.4, -0.2) is 8.07 Å². The number of hydrogen-bond acceptors (Lipinski definition) is 0. The van der Waals surface area contributed by atoms with E-state index in [0.29, 0.717) is 0 Å². The molecule has 1 aromatic rings. The van der Waals surface area contributed by atoms with Crippen LogP contribution in [0.4, 0.5) is 0 Å². The van der Waals surface area contributed by atoms with Gasteiger partial charge in [-0.05, 0) is 23.3 Å². The molecule has 0 heterocycles. The molecule has 0 aliphatic carbocycles. The van der Waals surface area contributed by atoms with Crippen molar-refractivity contribution >= 4 is 25.2 Å². The summed E-state index contributed by atoms with van der Waals surface area (Å²) >= 11 is 5.86. The number of rotatable bonds is 3. The zero-order valence-electron chi connectivity index (χ0n) is 9.55. The van der Waals surface area contributed by atoms with Gasteiger partial charge in [-0.3, -0.25) is 0 Å². The third-order valence-electron chi connectivity index (χ3n) is 1.99. The number of hydrogen-bond donors (Lipinski definition) is 0. The predicted molar refractivity (Wildman–Crippen MR) is 73.0 cm³/mol. The van der Waals surface area contributed by atoms with E-state index >= 15 is 0 Å². The summed E-state index contributed by atoms with van der Waals surface area (Å²) in [6.45, 7) is 10.8. The molecule has 1 aromatic carbocycles. The third kappa shape index (κ3) is 4.06. The fourth-order valence-corrected chi connectivity index (χ4v) is 2.71. The lowest BCUT2D eigenvalue weighted by atomic mass is 10.1. The van der Waals surface area contributed by atoms with Gasteiger partial charge in [0.15, 0.2) is 0 Å². The molecule has 0 aliphatic rings. The Bertz CT molecular complexity index is 369. The average molecular weight is 237 g/mol. The zero-order chi connectivity index (χ0) is 11.5. The highest BCUT2D eigenvalue weighted by atomic mass is 35.5. The lowest BCUT2D eigenvalue weighted by Gasteiger charge is -2.12. The Morgan fingerprint density at radius 2 is 1.73 bits per heavy atom. The number of allylic oxidation sites excluding steroid dienone is 2. The molecule has 2 heteroatoms. The van der Waals surface area contributed by atoms with Crippen LogP contribution in [0.25, 0.3) is 5.57 Å². The molecule has 0 aromatic heterocycles. The molecule has 80 valence electrons. The third-order valence-corrected chi connectivity index (χ3v) is 3.41. The lowest BCUT2D eigenvalue weighted by Crippen LogP contribution is -2.16. The normalized spacial score (nSPS) is 12.7. The Kier molecular flexibility index (Phi) is 3.94. The van der Waals surface area contributed by atoms with Crippen molar-refractivity contribution in [3.63, 3.8) is 0 Å². The van der Waals surface area contributed by atoms with Crippen molar-refractivity contribution in [2.24, 2.45) is 0 Å². The van der Waals surface area contributed by atoms with Gasteiger partial charge in [0.25, 0.3) is 0 Å². The Balaban J connectivity index is 3.08. The van der Waals surface area contributed by atoms with Gasteiger partial charge in [0.1, 0.15) is 0 Å². The van der Waals surface area contributed by atoms with Crippen LogP contribution in [0.2, 0.25) is 24.7 Å². The van der Waals surface area contributed by atoms with Crippen molar-refractivity contribution in [3.05, 3.63) is 53.2 Å². The van der Waals surface area contributed by atoms with E-state index < -0.39 is 8.07 Å². The molecule has 0 fully saturated rings. The summed E-state index contributed by atoms with van der Waals surface area (Å²) in [6.07, 6.45) is 1.92. The second-order valence-corrected chi connectivity index (χ2v) is 10.1. The fraction of sp³-hybridized carbons (Fsp3) is 0.231. The van der Waals surface area contributed by atoms with Crippen molar-refractivity contribution < 1.29 is 0 Å². The Labute approximate surface area is 98.3 Å². The molecular weight excluding hydrogens is 220 g/mol. The van der Waals surface area contributed by atoms with Gasteiger partial charge in [0, 0.05) is 5.02 Å². The number of halogens is 1. The quantitative estimate of drug-likeness (QED) is 0.523. The van der Waals surface area contributed by atoms with Crippen LogP contribution >= 0.6 is 11.6 Å². The summed E-state index contributed by atoms with van der Waals surface area (Å²) in [5.74, 6) is 0. The van der Waals surface area contributed by atoms with Gasteiger partial charge in [-0.1, -0.05) is 61.7 Å². The molecule has 0 aliphatic heterocycles. The smallest absolute Gasteiger partial charge is 0.0695 e. The van der Waals surface area contributed by atoms with Crippen molar-refractivity contribution in [1.82, 2.24) is 0 Å². The number of benzene rings is 1. The van der Waals surface area contributed by atoms with Crippen molar-refractivity contribution in [2.45, 2.75) is 19.6 Å². The van der Waals surface area contributed by atoms with Gasteiger partial charge >= 0.3 is 0 Å². The summed E-state index contributed by atoms with van der Waals surface area (Å²) in [7, 11) is -1.20. The van der Waals surface area contributed by atoms with Gasteiger partial charge < -0.3 is 0 Å². The minimum absolute atomic E-state index is 0.773. The molecule has 0 atom stereocenters. The SMILES string of the molecule is C=C/C(=C/[Si](C)(C)C)c1ccc(Cl)cc1. The first-order valence-electron chi connectivity index (χ1n) is 5.03. The van der Waals surface area contributed by atoms with E-state index in [0.717, 1.165) is 5.02 Å². The van der Waals surface area contributed by atoms with Gasteiger partial charge in [-0.25, -0.2) is 0 Å². The first-order valence-corrected chi connectivity index (χ1v) is 8.99. The molecular formula is C13H17ClSi. The van der Waals surface area contributed by atoms with Crippen LogP contribution in [0.3, 0.4) is 0 Å². The second kappa shape index (κ2) is 4.82. The molecule has 0 amide bonds. The largest absolute Gasteiger partial charge is 0.0985 e. The van der Waals surface area contributed by atoms with Gasteiger partial charge in [-0.15, -0.1) is 0 Å². The molecule has 0 radical (unpaired) electrons. The van der Waals surface area contributed by atoms with Crippen LogP contribution in [-0.2, 0) is 0 Å². The Morgan fingerprint density at radius 3 is 2.13 bits per heavy atom. The highest BCUT2D eigenvalue weighted by Crippen LogP contribution is 2.21. The van der Waals surface area contributed by atoms with E-state index in [1.807, 2.05) is 30.3 Å². The Morgan fingerprint density at radius 1 is 1.20 bits per heavy atom. The molecule has 0 saturated carbocycles. The van der Waals surface area contributed by atoms with Crippen molar-refractivity contribution in [1.29, 1.82) is 0 Å². The highest BCUT2D eigenvalue weighted by molar-refractivity contribution is 6.81. The maximum absolute atomic E-state index is 5.86. The summed E-state index contributed by atoms with van der Waals surface area (Å²) in [5, 5.41) is 0.773.